The summed E-state index contributed by atoms with van der Waals surface area (Å²) in [4.78, 5) is 4.06. The van der Waals surface area contributed by atoms with Crippen molar-refractivity contribution in [3.8, 4) is 11.8 Å². The van der Waals surface area contributed by atoms with Crippen molar-refractivity contribution in [3.63, 3.8) is 0 Å². The Balaban J connectivity index is 2.17. The average molecular weight is 243 g/mol. The number of ether oxygens (including phenoxy) is 1. The lowest BCUT2D eigenvalue weighted by atomic mass is 10.1. The average Bonchev–Trinajstić information content (AvgIpc) is 2.73. The summed E-state index contributed by atoms with van der Waals surface area (Å²) in [6.45, 7) is 5.80. The minimum absolute atomic E-state index is 0.231. The molecule has 0 aliphatic heterocycles. The fourth-order valence-electron chi connectivity index (χ4n) is 1.78. The normalized spacial score (nSPS) is 10.1. The van der Waals surface area contributed by atoms with Crippen LogP contribution >= 0.6 is 0 Å². The number of nitriles is 1. The number of nitrogens with zero attached hydrogens (tertiary/aromatic N) is 3. The molecule has 0 amide bonds. The van der Waals surface area contributed by atoms with E-state index in [1.807, 2.05) is 13.8 Å². The second kappa shape index (κ2) is 4.88. The van der Waals surface area contributed by atoms with Gasteiger partial charge in [-0.15, -0.1) is 0 Å². The molecule has 92 valence electrons. The summed E-state index contributed by atoms with van der Waals surface area (Å²) < 4.78 is 10.6. The molecule has 18 heavy (non-hydrogen) atoms. The van der Waals surface area contributed by atoms with Crippen LogP contribution in [0.4, 0.5) is 0 Å². The van der Waals surface area contributed by atoms with Crippen LogP contribution in [0.25, 0.3) is 0 Å². The molecule has 0 atom stereocenters. The Kier molecular flexibility index (Phi) is 3.28. The summed E-state index contributed by atoms with van der Waals surface area (Å²) in [6.07, 6.45) is 0. The third-order valence-electron chi connectivity index (χ3n) is 2.50. The molecule has 5 nitrogen and oxygen atoms in total. The zero-order valence-corrected chi connectivity index (χ0v) is 10.5. The van der Waals surface area contributed by atoms with Crippen LogP contribution in [0.1, 0.15) is 28.4 Å². The van der Waals surface area contributed by atoms with Crippen LogP contribution < -0.4 is 4.74 Å². The number of benzene rings is 1. The highest BCUT2D eigenvalue weighted by atomic mass is 16.5. The molecule has 0 N–H and O–H groups in total. The summed E-state index contributed by atoms with van der Waals surface area (Å²) >= 11 is 0. The van der Waals surface area contributed by atoms with Crippen molar-refractivity contribution in [2.45, 2.75) is 27.4 Å². The second-order valence-electron chi connectivity index (χ2n) is 4.07. The number of hydrogen-bond acceptors (Lipinski definition) is 5. The summed E-state index contributed by atoms with van der Waals surface area (Å²) in [5, 5.41) is 12.6. The molecule has 1 aromatic carbocycles. The van der Waals surface area contributed by atoms with E-state index in [9.17, 15) is 0 Å². The summed E-state index contributed by atoms with van der Waals surface area (Å²) in [7, 11) is 0. The lowest BCUT2D eigenvalue weighted by molar-refractivity contribution is 0.240. The van der Waals surface area contributed by atoms with Gasteiger partial charge in [-0.25, -0.2) is 0 Å². The van der Waals surface area contributed by atoms with Crippen LogP contribution in [0.5, 0.6) is 5.75 Å². The maximum Gasteiger partial charge on any atom is 0.264 e. The number of aryl methyl sites for hydroxylation is 3. The van der Waals surface area contributed by atoms with Gasteiger partial charge in [0.05, 0.1) is 11.6 Å². The van der Waals surface area contributed by atoms with Crippen LogP contribution in [-0.2, 0) is 6.61 Å². The lowest BCUT2D eigenvalue weighted by Crippen LogP contribution is -2.00. The van der Waals surface area contributed by atoms with Gasteiger partial charge in [0.1, 0.15) is 5.75 Å². The minimum atomic E-state index is 0.231. The van der Waals surface area contributed by atoms with Gasteiger partial charge in [-0.2, -0.15) is 10.2 Å². The molecule has 2 rings (SSSR count). The van der Waals surface area contributed by atoms with Crippen molar-refractivity contribution < 1.29 is 9.26 Å². The van der Waals surface area contributed by atoms with Crippen LogP contribution in [0.15, 0.2) is 16.7 Å². The molecule has 1 heterocycles. The SMILES string of the molecule is Cc1noc(COc2c(C)cc(C#N)cc2C)n1. The smallest absolute Gasteiger partial charge is 0.264 e. The first-order chi connectivity index (χ1) is 8.60. The zero-order valence-electron chi connectivity index (χ0n) is 10.5. The minimum Gasteiger partial charge on any atom is -0.483 e. The van der Waals surface area contributed by atoms with E-state index in [0.29, 0.717) is 17.3 Å². The van der Waals surface area contributed by atoms with Crippen LogP contribution in [0, 0.1) is 32.1 Å². The van der Waals surface area contributed by atoms with Crippen LogP contribution in [0.3, 0.4) is 0 Å². The number of hydrogen-bond donors (Lipinski definition) is 0. The Morgan fingerprint density at radius 1 is 1.28 bits per heavy atom. The highest BCUT2D eigenvalue weighted by Gasteiger charge is 2.09. The third-order valence-corrected chi connectivity index (χ3v) is 2.50. The molecule has 0 bridgehead atoms. The van der Waals surface area contributed by atoms with E-state index in [2.05, 4.69) is 16.2 Å². The lowest BCUT2D eigenvalue weighted by Gasteiger charge is -2.10. The Bertz CT molecular complexity index is 588. The van der Waals surface area contributed by atoms with E-state index < -0.39 is 0 Å². The van der Waals surface area contributed by atoms with Crippen molar-refractivity contribution in [1.82, 2.24) is 10.1 Å². The maximum absolute atomic E-state index is 8.86. The molecule has 5 heteroatoms. The van der Waals surface area contributed by atoms with Gasteiger partial charge in [-0.1, -0.05) is 5.16 Å². The van der Waals surface area contributed by atoms with Crippen molar-refractivity contribution >= 4 is 0 Å². The van der Waals surface area contributed by atoms with Gasteiger partial charge >= 0.3 is 0 Å². The van der Waals surface area contributed by atoms with Crippen molar-refractivity contribution in [2.24, 2.45) is 0 Å². The topological polar surface area (TPSA) is 71.9 Å². The Labute approximate surface area is 105 Å². The van der Waals surface area contributed by atoms with Gasteiger partial charge in [0.25, 0.3) is 5.89 Å². The van der Waals surface area contributed by atoms with Gasteiger partial charge in [0.2, 0.25) is 0 Å². The molecule has 0 radical (unpaired) electrons. The van der Waals surface area contributed by atoms with Crippen LogP contribution in [-0.4, -0.2) is 10.1 Å². The first kappa shape index (κ1) is 12.1. The Morgan fingerprint density at radius 3 is 2.44 bits per heavy atom. The zero-order chi connectivity index (χ0) is 13.1. The standard InChI is InChI=1S/C13H13N3O2/c1-8-4-11(6-14)5-9(2)13(8)17-7-12-15-10(3)16-18-12/h4-5H,7H2,1-3H3. The molecule has 2 aromatic rings. The van der Waals surface area contributed by atoms with Gasteiger partial charge in [-0.3, -0.25) is 0 Å². The van der Waals surface area contributed by atoms with Crippen LogP contribution in [0.2, 0.25) is 0 Å². The Hall–Kier alpha value is -2.35. The first-order valence-corrected chi connectivity index (χ1v) is 5.53. The maximum atomic E-state index is 8.86. The number of aromatic nitrogens is 2. The molecule has 0 saturated carbocycles. The highest BCUT2D eigenvalue weighted by Crippen LogP contribution is 2.25. The van der Waals surface area contributed by atoms with E-state index >= 15 is 0 Å². The highest BCUT2D eigenvalue weighted by molar-refractivity contribution is 5.47. The molecule has 1 aromatic heterocycles. The molecule has 0 saturated heterocycles. The molecular formula is C13H13N3O2. The molecule has 0 fully saturated rings. The van der Waals surface area contributed by atoms with E-state index in [1.165, 1.54) is 0 Å². The predicted octanol–water partition coefficient (Wildman–Crippen LogP) is 2.45. The Morgan fingerprint density at radius 2 is 1.94 bits per heavy atom. The molecular weight excluding hydrogens is 230 g/mol. The molecule has 0 aliphatic rings. The third kappa shape index (κ3) is 2.48. The number of rotatable bonds is 3. The van der Waals surface area contributed by atoms with E-state index in [4.69, 9.17) is 14.5 Å². The van der Waals surface area contributed by atoms with Crippen molar-refractivity contribution in [3.05, 3.63) is 40.5 Å². The van der Waals surface area contributed by atoms with E-state index in [0.717, 1.165) is 16.9 Å². The van der Waals surface area contributed by atoms with Gasteiger partial charge < -0.3 is 9.26 Å². The monoisotopic (exact) mass is 243 g/mol. The summed E-state index contributed by atoms with van der Waals surface area (Å²) in [5.41, 5.74) is 2.47. The first-order valence-electron chi connectivity index (χ1n) is 5.53. The molecule has 0 aliphatic carbocycles. The fourth-order valence-corrected chi connectivity index (χ4v) is 1.78. The summed E-state index contributed by atoms with van der Waals surface area (Å²) in [6, 6.07) is 5.70. The largest absolute Gasteiger partial charge is 0.483 e. The summed E-state index contributed by atoms with van der Waals surface area (Å²) in [5.74, 6) is 1.78. The molecule has 0 unspecified atom stereocenters. The van der Waals surface area contributed by atoms with E-state index in [1.54, 1.807) is 19.1 Å². The van der Waals surface area contributed by atoms with Gasteiger partial charge in [-0.05, 0) is 44.0 Å². The molecule has 0 spiro atoms. The fraction of sp³-hybridized carbons (Fsp3) is 0.308. The van der Waals surface area contributed by atoms with Gasteiger partial charge in [0, 0.05) is 0 Å². The van der Waals surface area contributed by atoms with E-state index in [-0.39, 0.29) is 6.61 Å². The quantitative estimate of drug-likeness (QED) is 0.827. The van der Waals surface area contributed by atoms with Crippen molar-refractivity contribution in [1.29, 1.82) is 5.26 Å². The second-order valence-corrected chi connectivity index (χ2v) is 4.07. The van der Waals surface area contributed by atoms with Gasteiger partial charge in [0.15, 0.2) is 12.4 Å². The predicted molar refractivity (Wildman–Crippen MR) is 64.0 cm³/mol. The van der Waals surface area contributed by atoms with Crippen molar-refractivity contribution in [2.75, 3.05) is 0 Å².